The first kappa shape index (κ1) is 21.2. The highest BCUT2D eigenvalue weighted by Crippen LogP contribution is 2.18. The van der Waals surface area contributed by atoms with Crippen LogP contribution in [-0.4, -0.2) is 21.2 Å². The van der Waals surface area contributed by atoms with Crippen LogP contribution in [0.5, 0.6) is 0 Å². The summed E-state index contributed by atoms with van der Waals surface area (Å²) < 4.78 is 1.04. The lowest BCUT2D eigenvalue weighted by atomic mass is 10.2. The van der Waals surface area contributed by atoms with Crippen LogP contribution < -0.4 is 16.1 Å². The minimum absolute atomic E-state index is 0.310. The van der Waals surface area contributed by atoms with Crippen LogP contribution in [0.15, 0.2) is 101 Å². The first-order chi connectivity index (χ1) is 15.7. The van der Waals surface area contributed by atoms with Crippen LogP contribution in [0.3, 0.4) is 0 Å². The molecule has 3 N–H and O–H groups in total. The van der Waals surface area contributed by atoms with E-state index in [1.807, 2.05) is 97.1 Å². The maximum absolute atomic E-state index is 4.46. The van der Waals surface area contributed by atoms with E-state index in [2.05, 4.69) is 52.0 Å². The van der Waals surface area contributed by atoms with Crippen molar-refractivity contribution in [3.05, 3.63) is 101 Å². The molecule has 0 saturated heterocycles. The second-order valence-corrected chi connectivity index (χ2v) is 7.50. The number of hydrazone groups is 1. The van der Waals surface area contributed by atoms with Crippen LogP contribution in [0.4, 0.5) is 29.2 Å². The molecule has 0 fully saturated rings. The Kier molecular flexibility index (Phi) is 7.18. The van der Waals surface area contributed by atoms with Crippen molar-refractivity contribution in [1.29, 1.82) is 0 Å². The van der Waals surface area contributed by atoms with Crippen molar-refractivity contribution in [3.8, 4) is 0 Å². The molecule has 0 aliphatic heterocycles. The number of anilines is 5. The van der Waals surface area contributed by atoms with Crippen LogP contribution in [0.25, 0.3) is 6.08 Å². The van der Waals surface area contributed by atoms with Gasteiger partial charge in [0.25, 0.3) is 0 Å². The second-order valence-electron chi connectivity index (χ2n) is 6.59. The molecule has 4 rings (SSSR count). The Morgan fingerprint density at radius 1 is 0.656 bits per heavy atom. The molecule has 8 heteroatoms. The van der Waals surface area contributed by atoms with Gasteiger partial charge in [0, 0.05) is 22.1 Å². The fraction of sp³-hybridized carbons (Fsp3) is 0. The number of para-hydroxylation sites is 2. The Labute approximate surface area is 194 Å². The van der Waals surface area contributed by atoms with Crippen molar-refractivity contribution >= 4 is 57.4 Å². The maximum Gasteiger partial charge on any atom is 0.250 e. The molecule has 0 aliphatic carbocycles. The van der Waals surface area contributed by atoms with Gasteiger partial charge in [-0.3, -0.25) is 0 Å². The highest BCUT2D eigenvalue weighted by Gasteiger charge is 2.07. The number of nitrogens with zero attached hydrogens (tertiary/aromatic N) is 4. The quantitative estimate of drug-likeness (QED) is 0.202. The average molecular weight is 486 g/mol. The largest absolute Gasteiger partial charge is 0.324 e. The SMILES string of the molecule is Brc1ccc(/C=C/C=N\Nc2nc(Nc3ccccc3)nc(Nc3ccccc3)n2)cc1. The van der Waals surface area contributed by atoms with Crippen LogP contribution >= 0.6 is 15.9 Å². The molecule has 7 nitrogen and oxygen atoms in total. The van der Waals surface area contributed by atoms with Crippen molar-refractivity contribution in [2.75, 3.05) is 16.1 Å². The van der Waals surface area contributed by atoms with Gasteiger partial charge in [0.15, 0.2) is 0 Å². The third-order valence-electron chi connectivity index (χ3n) is 4.18. The molecule has 32 heavy (non-hydrogen) atoms. The van der Waals surface area contributed by atoms with Gasteiger partial charge >= 0.3 is 0 Å². The van der Waals surface area contributed by atoms with Crippen molar-refractivity contribution < 1.29 is 0 Å². The van der Waals surface area contributed by atoms with E-state index in [-0.39, 0.29) is 0 Å². The molecule has 1 aromatic heterocycles. The topological polar surface area (TPSA) is 87.1 Å². The maximum atomic E-state index is 4.46. The fourth-order valence-electron chi connectivity index (χ4n) is 2.70. The molecule has 0 saturated carbocycles. The van der Waals surface area contributed by atoms with E-state index in [1.54, 1.807) is 6.21 Å². The van der Waals surface area contributed by atoms with Gasteiger partial charge in [0.1, 0.15) is 0 Å². The van der Waals surface area contributed by atoms with Gasteiger partial charge in [-0.05, 0) is 48.0 Å². The van der Waals surface area contributed by atoms with E-state index in [9.17, 15) is 0 Å². The van der Waals surface area contributed by atoms with E-state index >= 15 is 0 Å². The highest BCUT2D eigenvalue weighted by atomic mass is 79.9. The summed E-state index contributed by atoms with van der Waals surface area (Å²) in [5.74, 6) is 1.10. The molecule has 1 heterocycles. The Morgan fingerprint density at radius 2 is 1.19 bits per heavy atom. The molecule has 0 amide bonds. The molecular weight excluding hydrogens is 466 g/mol. The highest BCUT2D eigenvalue weighted by molar-refractivity contribution is 9.10. The van der Waals surface area contributed by atoms with Crippen molar-refractivity contribution in [3.63, 3.8) is 0 Å². The van der Waals surface area contributed by atoms with Gasteiger partial charge in [-0.2, -0.15) is 20.1 Å². The summed E-state index contributed by atoms with van der Waals surface area (Å²) in [7, 11) is 0. The van der Waals surface area contributed by atoms with Gasteiger partial charge in [-0.25, -0.2) is 5.43 Å². The first-order valence-corrected chi connectivity index (χ1v) is 10.7. The number of benzene rings is 3. The summed E-state index contributed by atoms with van der Waals surface area (Å²) in [4.78, 5) is 13.3. The smallest absolute Gasteiger partial charge is 0.250 e. The minimum Gasteiger partial charge on any atom is -0.324 e. The van der Waals surface area contributed by atoms with Gasteiger partial charge in [0.2, 0.25) is 17.8 Å². The first-order valence-electron chi connectivity index (χ1n) is 9.86. The average Bonchev–Trinajstić information content (AvgIpc) is 2.81. The molecule has 0 aliphatic rings. The lowest BCUT2D eigenvalue weighted by Crippen LogP contribution is -2.07. The van der Waals surface area contributed by atoms with E-state index in [0.717, 1.165) is 21.4 Å². The van der Waals surface area contributed by atoms with E-state index < -0.39 is 0 Å². The van der Waals surface area contributed by atoms with Crippen LogP contribution in [-0.2, 0) is 0 Å². The number of rotatable bonds is 8. The van der Waals surface area contributed by atoms with Crippen LogP contribution in [0, 0.1) is 0 Å². The zero-order valence-corrected chi connectivity index (χ0v) is 18.6. The molecule has 158 valence electrons. The molecule has 0 bridgehead atoms. The molecule has 4 aromatic rings. The predicted molar refractivity (Wildman–Crippen MR) is 135 cm³/mol. The zero-order valence-electron chi connectivity index (χ0n) is 17.0. The summed E-state index contributed by atoms with van der Waals surface area (Å²) in [5.41, 5.74) is 5.68. The normalized spacial score (nSPS) is 11.0. The number of aromatic nitrogens is 3. The summed E-state index contributed by atoms with van der Waals surface area (Å²) in [6.45, 7) is 0. The molecular formula is C24H20BrN7. The number of nitrogens with one attached hydrogen (secondary N) is 3. The van der Waals surface area contributed by atoms with Gasteiger partial charge in [-0.15, -0.1) is 0 Å². The standard InChI is InChI=1S/C24H20BrN7/c25-19-15-13-18(14-16-19)8-7-17-26-32-24-30-22(27-20-9-3-1-4-10-20)29-23(31-24)28-21-11-5-2-6-12-21/h1-17H,(H3,27,28,29,30,31,32)/b8-7+,26-17-. The summed E-state index contributed by atoms with van der Waals surface area (Å²) in [5, 5.41) is 10.6. The molecule has 0 radical (unpaired) electrons. The van der Waals surface area contributed by atoms with E-state index in [1.165, 1.54) is 0 Å². The van der Waals surface area contributed by atoms with Gasteiger partial charge in [-0.1, -0.05) is 70.5 Å². The molecule has 0 atom stereocenters. The number of hydrogen-bond donors (Lipinski definition) is 3. The Balaban J connectivity index is 1.49. The van der Waals surface area contributed by atoms with Crippen molar-refractivity contribution in [2.45, 2.75) is 0 Å². The number of halogens is 1. The fourth-order valence-corrected chi connectivity index (χ4v) is 2.97. The lowest BCUT2D eigenvalue weighted by molar-refractivity contribution is 1.04. The third-order valence-corrected chi connectivity index (χ3v) is 4.71. The van der Waals surface area contributed by atoms with E-state index in [0.29, 0.717) is 17.8 Å². The monoisotopic (exact) mass is 485 g/mol. The molecule has 3 aromatic carbocycles. The Morgan fingerprint density at radius 3 is 1.75 bits per heavy atom. The summed E-state index contributed by atoms with van der Waals surface area (Å²) in [6, 6.07) is 27.4. The number of allylic oxidation sites excluding steroid dienone is 1. The minimum atomic E-state index is 0.310. The van der Waals surface area contributed by atoms with Crippen LogP contribution in [0.2, 0.25) is 0 Å². The molecule has 0 spiro atoms. The summed E-state index contributed by atoms with van der Waals surface area (Å²) in [6.07, 6.45) is 5.43. The third kappa shape index (κ3) is 6.48. The summed E-state index contributed by atoms with van der Waals surface area (Å²) >= 11 is 3.43. The Hall–Kier alpha value is -4.04. The number of hydrogen-bond acceptors (Lipinski definition) is 7. The predicted octanol–water partition coefficient (Wildman–Crippen LogP) is 6.23. The molecule has 0 unspecified atom stereocenters. The van der Waals surface area contributed by atoms with Gasteiger partial charge < -0.3 is 10.6 Å². The zero-order chi connectivity index (χ0) is 22.0. The van der Waals surface area contributed by atoms with Crippen LogP contribution in [0.1, 0.15) is 5.56 Å². The van der Waals surface area contributed by atoms with Gasteiger partial charge in [0.05, 0.1) is 0 Å². The lowest BCUT2D eigenvalue weighted by Gasteiger charge is -2.10. The second kappa shape index (κ2) is 10.8. The Bertz CT molecular complexity index is 1130. The van der Waals surface area contributed by atoms with Crippen molar-refractivity contribution in [1.82, 2.24) is 15.0 Å². The van der Waals surface area contributed by atoms with Crippen molar-refractivity contribution in [2.24, 2.45) is 5.10 Å². The van der Waals surface area contributed by atoms with E-state index in [4.69, 9.17) is 0 Å².